The second kappa shape index (κ2) is 5.93. The Morgan fingerprint density at radius 3 is 2.58 bits per heavy atom. The van der Waals surface area contributed by atoms with Gasteiger partial charge in [0, 0.05) is 19.3 Å². The SMILES string of the molecule is CCNC(CO)(CN(C)c1ccccc1C)C1CC1. The lowest BCUT2D eigenvalue weighted by Gasteiger charge is -2.38. The first kappa shape index (κ1) is 14.4. The van der Waals surface area contributed by atoms with Gasteiger partial charge in [0.15, 0.2) is 0 Å². The van der Waals surface area contributed by atoms with Gasteiger partial charge in [0.05, 0.1) is 12.1 Å². The van der Waals surface area contributed by atoms with E-state index in [0.717, 1.165) is 13.1 Å². The predicted octanol–water partition coefficient (Wildman–Crippen LogP) is 2.18. The first-order chi connectivity index (χ1) is 9.13. The van der Waals surface area contributed by atoms with Crippen LogP contribution in [0.1, 0.15) is 25.3 Å². The van der Waals surface area contributed by atoms with E-state index in [1.165, 1.54) is 24.1 Å². The van der Waals surface area contributed by atoms with Crippen LogP contribution < -0.4 is 10.2 Å². The van der Waals surface area contributed by atoms with E-state index in [0.29, 0.717) is 5.92 Å². The Morgan fingerprint density at radius 1 is 1.37 bits per heavy atom. The van der Waals surface area contributed by atoms with Crippen molar-refractivity contribution in [2.24, 2.45) is 5.92 Å². The molecule has 1 fully saturated rings. The van der Waals surface area contributed by atoms with Gasteiger partial charge in [-0.1, -0.05) is 25.1 Å². The monoisotopic (exact) mass is 262 g/mol. The number of anilines is 1. The Kier molecular flexibility index (Phi) is 4.48. The second-order valence-corrected chi connectivity index (χ2v) is 5.76. The molecule has 1 unspecified atom stereocenters. The summed E-state index contributed by atoms with van der Waals surface area (Å²) in [7, 11) is 2.12. The van der Waals surface area contributed by atoms with Gasteiger partial charge < -0.3 is 15.3 Å². The van der Waals surface area contributed by atoms with Crippen LogP contribution in [0.3, 0.4) is 0 Å². The number of aliphatic hydroxyl groups excluding tert-OH is 1. The molecule has 3 heteroatoms. The molecule has 0 radical (unpaired) electrons. The molecule has 1 aliphatic rings. The van der Waals surface area contributed by atoms with Crippen molar-refractivity contribution in [1.82, 2.24) is 5.32 Å². The first-order valence-corrected chi connectivity index (χ1v) is 7.25. The van der Waals surface area contributed by atoms with E-state index < -0.39 is 0 Å². The Labute approximate surface area is 116 Å². The van der Waals surface area contributed by atoms with Gasteiger partial charge in [0.1, 0.15) is 0 Å². The molecule has 3 nitrogen and oxygen atoms in total. The lowest BCUT2D eigenvalue weighted by atomic mass is 9.93. The summed E-state index contributed by atoms with van der Waals surface area (Å²) in [6.07, 6.45) is 2.46. The molecular formula is C16H26N2O. The van der Waals surface area contributed by atoms with Crippen LogP contribution in [0.4, 0.5) is 5.69 Å². The third kappa shape index (κ3) is 3.10. The predicted molar refractivity (Wildman–Crippen MR) is 80.7 cm³/mol. The van der Waals surface area contributed by atoms with Crippen molar-refractivity contribution in [3.05, 3.63) is 29.8 Å². The topological polar surface area (TPSA) is 35.5 Å². The van der Waals surface area contributed by atoms with Crippen LogP contribution in [0.15, 0.2) is 24.3 Å². The van der Waals surface area contributed by atoms with Crippen molar-refractivity contribution in [1.29, 1.82) is 0 Å². The molecule has 0 bridgehead atoms. The zero-order valence-corrected chi connectivity index (χ0v) is 12.3. The van der Waals surface area contributed by atoms with Crippen molar-refractivity contribution in [2.45, 2.75) is 32.2 Å². The summed E-state index contributed by atoms with van der Waals surface area (Å²) in [5, 5.41) is 13.4. The van der Waals surface area contributed by atoms with E-state index in [1.807, 2.05) is 0 Å². The molecule has 1 aromatic carbocycles. The third-order valence-electron chi connectivity index (χ3n) is 4.22. The van der Waals surface area contributed by atoms with E-state index in [4.69, 9.17) is 0 Å². The average molecular weight is 262 g/mol. The van der Waals surface area contributed by atoms with Crippen LogP contribution in [0.2, 0.25) is 0 Å². The number of para-hydroxylation sites is 1. The third-order valence-corrected chi connectivity index (χ3v) is 4.22. The lowest BCUT2D eigenvalue weighted by molar-refractivity contribution is 0.146. The highest BCUT2D eigenvalue weighted by molar-refractivity contribution is 5.52. The van der Waals surface area contributed by atoms with E-state index in [-0.39, 0.29) is 12.1 Å². The molecule has 1 aliphatic carbocycles. The number of nitrogens with zero attached hydrogens (tertiary/aromatic N) is 1. The number of aliphatic hydroxyl groups is 1. The van der Waals surface area contributed by atoms with Crippen LogP contribution in [-0.4, -0.2) is 37.4 Å². The molecule has 19 heavy (non-hydrogen) atoms. The molecule has 0 saturated heterocycles. The minimum atomic E-state index is -0.147. The van der Waals surface area contributed by atoms with Gasteiger partial charge in [-0.15, -0.1) is 0 Å². The highest BCUT2D eigenvalue weighted by Gasteiger charge is 2.45. The molecule has 0 spiro atoms. The van der Waals surface area contributed by atoms with Crippen molar-refractivity contribution >= 4 is 5.69 Å². The Morgan fingerprint density at radius 2 is 2.05 bits per heavy atom. The summed E-state index contributed by atoms with van der Waals surface area (Å²) in [6.45, 7) is 6.21. The van der Waals surface area contributed by atoms with Crippen LogP contribution >= 0.6 is 0 Å². The standard InChI is InChI=1S/C16H26N2O/c1-4-17-16(12-19,14-9-10-14)11-18(3)15-8-6-5-7-13(15)2/h5-8,14,17,19H,4,9-12H2,1-3H3. The lowest BCUT2D eigenvalue weighted by Crippen LogP contribution is -2.57. The van der Waals surface area contributed by atoms with Crippen LogP contribution in [0.25, 0.3) is 0 Å². The van der Waals surface area contributed by atoms with Crippen molar-refractivity contribution < 1.29 is 5.11 Å². The van der Waals surface area contributed by atoms with Crippen molar-refractivity contribution in [3.8, 4) is 0 Å². The summed E-state index contributed by atoms with van der Waals surface area (Å²) in [6, 6.07) is 8.42. The van der Waals surface area contributed by atoms with Crippen molar-refractivity contribution in [3.63, 3.8) is 0 Å². The molecule has 106 valence electrons. The molecule has 0 aromatic heterocycles. The van der Waals surface area contributed by atoms with Gasteiger partial charge in [-0.2, -0.15) is 0 Å². The number of aryl methyl sites for hydroxylation is 1. The molecule has 0 aliphatic heterocycles. The fourth-order valence-corrected chi connectivity index (χ4v) is 3.05. The maximum Gasteiger partial charge on any atom is 0.0633 e. The van der Waals surface area contributed by atoms with E-state index in [1.54, 1.807) is 0 Å². The molecule has 0 heterocycles. The molecule has 1 saturated carbocycles. The summed E-state index contributed by atoms with van der Waals surface area (Å²) < 4.78 is 0. The maximum absolute atomic E-state index is 9.89. The van der Waals surface area contributed by atoms with Crippen LogP contribution in [0, 0.1) is 12.8 Å². The fraction of sp³-hybridized carbons (Fsp3) is 0.625. The largest absolute Gasteiger partial charge is 0.394 e. The summed E-state index contributed by atoms with van der Waals surface area (Å²) in [4.78, 5) is 2.27. The molecule has 1 atom stereocenters. The van der Waals surface area contributed by atoms with Gasteiger partial charge >= 0.3 is 0 Å². The van der Waals surface area contributed by atoms with E-state index in [2.05, 4.69) is 55.4 Å². The maximum atomic E-state index is 9.89. The normalized spacial score (nSPS) is 18.1. The van der Waals surface area contributed by atoms with Gasteiger partial charge in [0.25, 0.3) is 0 Å². The van der Waals surface area contributed by atoms with Gasteiger partial charge in [-0.25, -0.2) is 0 Å². The first-order valence-electron chi connectivity index (χ1n) is 7.25. The molecule has 1 aromatic rings. The highest BCUT2D eigenvalue weighted by atomic mass is 16.3. The number of rotatable bonds is 7. The van der Waals surface area contributed by atoms with Crippen LogP contribution in [0.5, 0.6) is 0 Å². The molecule has 0 amide bonds. The minimum Gasteiger partial charge on any atom is -0.394 e. The number of hydrogen-bond donors (Lipinski definition) is 2. The summed E-state index contributed by atoms with van der Waals surface area (Å²) in [5.41, 5.74) is 2.38. The Hall–Kier alpha value is -1.06. The van der Waals surface area contributed by atoms with Gasteiger partial charge in [-0.05, 0) is 43.9 Å². The molecule has 2 N–H and O–H groups in total. The Balaban J connectivity index is 2.15. The number of nitrogens with one attached hydrogen (secondary N) is 1. The second-order valence-electron chi connectivity index (χ2n) is 5.76. The van der Waals surface area contributed by atoms with Gasteiger partial charge in [-0.3, -0.25) is 0 Å². The fourth-order valence-electron chi connectivity index (χ4n) is 3.05. The number of hydrogen-bond acceptors (Lipinski definition) is 3. The summed E-state index contributed by atoms with van der Waals surface area (Å²) >= 11 is 0. The quantitative estimate of drug-likeness (QED) is 0.790. The van der Waals surface area contributed by atoms with Crippen molar-refractivity contribution in [2.75, 3.05) is 31.6 Å². The highest BCUT2D eigenvalue weighted by Crippen LogP contribution is 2.40. The number of benzene rings is 1. The number of likely N-dealkylation sites (N-methyl/N-ethyl adjacent to an activating group) is 2. The van der Waals surface area contributed by atoms with Gasteiger partial charge in [0.2, 0.25) is 0 Å². The zero-order valence-electron chi connectivity index (χ0n) is 12.3. The summed E-state index contributed by atoms with van der Waals surface area (Å²) in [5.74, 6) is 0.615. The molecule has 2 rings (SSSR count). The van der Waals surface area contributed by atoms with Crippen LogP contribution in [-0.2, 0) is 0 Å². The minimum absolute atomic E-state index is 0.147. The zero-order chi connectivity index (χ0) is 13.9. The van der Waals surface area contributed by atoms with E-state index >= 15 is 0 Å². The Bertz CT molecular complexity index is 417. The smallest absolute Gasteiger partial charge is 0.0633 e. The molecular weight excluding hydrogens is 236 g/mol. The average Bonchev–Trinajstić information content (AvgIpc) is 3.23. The van der Waals surface area contributed by atoms with E-state index in [9.17, 15) is 5.11 Å².